The molecule has 1 aliphatic rings. The number of hydrogen-bond acceptors (Lipinski definition) is 5. The maximum Gasteiger partial charge on any atom is 0.276 e. The van der Waals surface area contributed by atoms with Gasteiger partial charge >= 0.3 is 0 Å². The average molecular weight is 454 g/mol. The van der Waals surface area contributed by atoms with E-state index in [0.29, 0.717) is 25.6 Å². The number of hydrogen-bond donors (Lipinski definition) is 0. The Labute approximate surface area is 188 Å². The second kappa shape index (κ2) is 9.22. The minimum absolute atomic E-state index is 0.234. The number of sulfonamides is 1. The van der Waals surface area contributed by atoms with Crippen molar-refractivity contribution in [3.63, 3.8) is 0 Å². The van der Waals surface area contributed by atoms with E-state index in [1.54, 1.807) is 27.9 Å². The smallest absolute Gasteiger partial charge is 0.276 e. The summed E-state index contributed by atoms with van der Waals surface area (Å²) in [6.07, 6.45) is 1.63. The molecule has 1 aromatic heterocycles. The van der Waals surface area contributed by atoms with E-state index in [0.717, 1.165) is 11.1 Å². The molecule has 8 nitrogen and oxygen atoms in total. The molecule has 1 aliphatic heterocycles. The Morgan fingerprint density at radius 2 is 1.62 bits per heavy atom. The molecular formula is C23H27N5O3S. The van der Waals surface area contributed by atoms with Crippen molar-refractivity contribution in [3.8, 4) is 0 Å². The van der Waals surface area contributed by atoms with Gasteiger partial charge in [-0.2, -0.15) is 4.31 Å². The molecule has 168 valence electrons. The molecule has 0 spiro atoms. The molecule has 0 bridgehead atoms. The first kappa shape index (κ1) is 22.2. The topological polar surface area (TPSA) is 88.4 Å². The van der Waals surface area contributed by atoms with E-state index in [1.165, 1.54) is 4.31 Å². The Balaban J connectivity index is 1.37. The Bertz CT molecular complexity index is 1170. The van der Waals surface area contributed by atoms with E-state index in [-0.39, 0.29) is 29.6 Å². The van der Waals surface area contributed by atoms with Gasteiger partial charge in [-0.15, -0.1) is 5.10 Å². The summed E-state index contributed by atoms with van der Waals surface area (Å²) in [6, 6.07) is 16.8. The number of rotatable bonds is 6. The summed E-state index contributed by atoms with van der Waals surface area (Å²) >= 11 is 0. The molecule has 1 amide bonds. The molecule has 4 rings (SSSR count). The number of carbonyl (C=O) groups excluding carboxylic acids is 1. The molecule has 0 radical (unpaired) electrons. The van der Waals surface area contributed by atoms with Crippen molar-refractivity contribution in [2.24, 2.45) is 0 Å². The number of carbonyl (C=O) groups is 1. The van der Waals surface area contributed by atoms with Crippen LogP contribution in [-0.2, 0) is 16.6 Å². The van der Waals surface area contributed by atoms with Gasteiger partial charge in [-0.3, -0.25) is 4.79 Å². The van der Waals surface area contributed by atoms with Crippen LogP contribution in [0.15, 0.2) is 65.7 Å². The molecule has 1 saturated heterocycles. The molecular weight excluding hydrogens is 426 g/mol. The predicted molar refractivity (Wildman–Crippen MR) is 121 cm³/mol. The van der Waals surface area contributed by atoms with Crippen molar-refractivity contribution in [2.75, 3.05) is 26.2 Å². The molecule has 2 heterocycles. The summed E-state index contributed by atoms with van der Waals surface area (Å²) in [5.74, 6) is 0.106. The van der Waals surface area contributed by atoms with Crippen LogP contribution in [0.2, 0.25) is 0 Å². The molecule has 0 unspecified atom stereocenters. The van der Waals surface area contributed by atoms with Gasteiger partial charge in [0.1, 0.15) is 0 Å². The van der Waals surface area contributed by atoms with Gasteiger partial charge in [-0.1, -0.05) is 61.5 Å². The fraction of sp³-hybridized carbons (Fsp3) is 0.348. The van der Waals surface area contributed by atoms with E-state index in [2.05, 4.69) is 24.2 Å². The van der Waals surface area contributed by atoms with E-state index in [4.69, 9.17) is 0 Å². The minimum Gasteiger partial charge on any atom is -0.335 e. The van der Waals surface area contributed by atoms with Crippen molar-refractivity contribution in [3.05, 3.63) is 77.6 Å². The zero-order valence-electron chi connectivity index (χ0n) is 18.3. The Morgan fingerprint density at radius 3 is 2.25 bits per heavy atom. The third-order valence-corrected chi connectivity index (χ3v) is 7.57. The van der Waals surface area contributed by atoms with Gasteiger partial charge in [0, 0.05) is 26.2 Å². The highest BCUT2D eigenvalue weighted by Gasteiger charge is 2.31. The van der Waals surface area contributed by atoms with Gasteiger partial charge in [0.2, 0.25) is 10.0 Å². The van der Waals surface area contributed by atoms with Gasteiger partial charge in [-0.05, 0) is 29.2 Å². The Morgan fingerprint density at radius 1 is 0.969 bits per heavy atom. The van der Waals surface area contributed by atoms with Crippen LogP contribution < -0.4 is 0 Å². The summed E-state index contributed by atoms with van der Waals surface area (Å²) in [7, 11) is -3.59. The van der Waals surface area contributed by atoms with Crippen molar-refractivity contribution in [1.29, 1.82) is 0 Å². The molecule has 2 aromatic carbocycles. The van der Waals surface area contributed by atoms with Crippen LogP contribution in [0.5, 0.6) is 0 Å². The summed E-state index contributed by atoms with van der Waals surface area (Å²) in [5, 5.41) is 8.07. The van der Waals surface area contributed by atoms with Crippen LogP contribution in [-0.4, -0.2) is 64.7 Å². The zero-order valence-corrected chi connectivity index (χ0v) is 19.1. The summed E-state index contributed by atoms with van der Waals surface area (Å²) in [5.41, 5.74) is 2.43. The van der Waals surface area contributed by atoms with Gasteiger partial charge in [0.25, 0.3) is 5.91 Å². The second-order valence-corrected chi connectivity index (χ2v) is 10.1. The van der Waals surface area contributed by atoms with E-state index >= 15 is 0 Å². The van der Waals surface area contributed by atoms with Crippen LogP contribution >= 0.6 is 0 Å². The lowest BCUT2D eigenvalue weighted by Crippen LogP contribution is -2.50. The van der Waals surface area contributed by atoms with Crippen molar-refractivity contribution in [2.45, 2.75) is 31.2 Å². The largest absolute Gasteiger partial charge is 0.335 e. The number of benzene rings is 2. The first-order valence-electron chi connectivity index (χ1n) is 10.7. The monoisotopic (exact) mass is 453 g/mol. The Kier molecular flexibility index (Phi) is 6.38. The molecule has 0 atom stereocenters. The third kappa shape index (κ3) is 4.73. The van der Waals surface area contributed by atoms with Crippen LogP contribution in [0.25, 0.3) is 0 Å². The van der Waals surface area contributed by atoms with Crippen LogP contribution in [0.3, 0.4) is 0 Å². The number of piperazine rings is 1. The quantitative estimate of drug-likeness (QED) is 0.572. The Hall–Kier alpha value is -3.04. The van der Waals surface area contributed by atoms with Gasteiger partial charge in [0.05, 0.1) is 17.6 Å². The molecule has 3 aromatic rings. The van der Waals surface area contributed by atoms with Crippen molar-refractivity contribution >= 4 is 15.9 Å². The fourth-order valence-corrected chi connectivity index (χ4v) is 5.13. The fourth-order valence-electron chi connectivity index (χ4n) is 3.71. The zero-order chi connectivity index (χ0) is 22.7. The molecule has 9 heteroatoms. The lowest BCUT2D eigenvalue weighted by molar-refractivity contribution is 0.0692. The molecule has 0 N–H and O–H groups in total. The van der Waals surface area contributed by atoms with Crippen LogP contribution in [0.1, 0.15) is 41.4 Å². The highest BCUT2D eigenvalue weighted by Crippen LogP contribution is 2.21. The summed E-state index contributed by atoms with van der Waals surface area (Å²) in [4.78, 5) is 14.7. The first-order chi connectivity index (χ1) is 15.3. The SMILES string of the molecule is CC(C)c1ccc(S(=O)(=O)N2CCN(C(=O)c3cn(Cc4ccccc4)nn3)CC2)cc1. The van der Waals surface area contributed by atoms with Crippen molar-refractivity contribution < 1.29 is 13.2 Å². The molecule has 1 fully saturated rings. The summed E-state index contributed by atoms with van der Waals surface area (Å²) in [6.45, 7) is 5.79. The number of nitrogens with zero attached hydrogens (tertiary/aromatic N) is 5. The number of aromatic nitrogens is 3. The van der Waals surface area contributed by atoms with Gasteiger partial charge < -0.3 is 4.90 Å². The second-order valence-electron chi connectivity index (χ2n) is 8.21. The maximum atomic E-state index is 13.0. The highest BCUT2D eigenvalue weighted by molar-refractivity contribution is 7.89. The van der Waals surface area contributed by atoms with Gasteiger partial charge in [0.15, 0.2) is 5.69 Å². The lowest BCUT2D eigenvalue weighted by atomic mass is 10.0. The average Bonchev–Trinajstić information content (AvgIpc) is 3.28. The van der Waals surface area contributed by atoms with Gasteiger partial charge in [-0.25, -0.2) is 13.1 Å². The minimum atomic E-state index is -3.59. The third-order valence-electron chi connectivity index (χ3n) is 5.66. The van der Waals surface area contributed by atoms with E-state index in [1.807, 2.05) is 42.5 Å². The maximum absolute atomic E-state index is 13.0. The molecule has 32 heavy (non-hydrogen) atoms. The highest BCUT2D eigenvalue weighted by atomic mass is 32.2. The normalized spacial score (nSPS) is 15.3. The van der Waals surface area contributed by atoms with Crippen LogP contribution in [0.4, 0.5) is 0 Å². The summed E-state index contributed by atoms with van der Waals surface area (Å²) < 4.78 is 29.0. The number of amides is 1. The van der Waals surface area contributed by atoms with Crippen LogP contribution in [0, 0.1) is 0 Å². The van der Waals surface area contributed by atoms with E-state index in [9.17, 15) is 13.2 Å². The molecule has 0 saturated carbocycles. The lowest BCUT2D eigenvalue weighted by Gasteiger charge is -2.33. The predicted octanol–water partition coefficient (Wildman–Crippen LogP) is 2.60. The molecule has 0 aliphatic carbocycles. The standard InChI is InChI=1S/C23H27N5O3S/c1-18(2)20-8-10-21(11-9-20)32(30,31)28-14-12-26(13-15-28)23(29)22-17-27(25-24-22)16-19-6-4-3-5-7-19/h3-11,17-18H,12-16H2,1-2H3. The first-order valence-corrected chi connectivity index (χ1v) is 12.1. The van der Waals surface area contributed by atoms with Crippen molar-refractivity contribution in [1.82, 2.24) is 24.2 Å². The van der Waals surface area contributed by atoms with E-state index < -0.39 is 10.0 Å².